The van der Waals surface area contributed by atoms with Crippen LogP contribution in [-0.4, -0.2) is 54.8 Å². The van der Waals surface area contributed by atoms with Crippen LogP contribution in [0.5, 0.6) is 0 Å². The minimum Gasteiger partial charge on any atom is -0.459 e. The summed E-state index contributed by atoms with van der Waals surface area (Å²) in [5.74, 6) is 1.35. The smallest absolute Gasteiger partial charge is 0.237 e. The Morgan fingerprint density at radius 1 is 1.30 bits per heavy atom. The first-order valence-electron chi connectivity index (χ1n) is 10.9. The highest BCUT2D eigenvalue weighted by Crippen LogP contribution is 2.27. The summed E-state index contributed by atoms with van der Waals surface area (Å²) in [6.07, 6.45) is 2.13. The van der Waals surface area contributed by atoms with Crippen LogP contribution in [0.3, 0.4) is 0 Å². The van der Waals surface area contributed by atoms with Gasteiger partial charge in [0.2, 0.25) is 11.8 Å². The fourth-order valence-electron chi connectivity index (χ4n) is 3.88. The summed E-state index contributed by atoms with van der Waals surface area (Å²) < 4.78 is 5.94. The molecule has 6 nitrogen and oxygen atoms in total. The second-order valence-corrected chi connectivity index (χ2v) is 9.57. The van der Waals surface area contributed by atoms with Crippen LogP contribution in [0, 0.1) is 11.3 Å². The van der Waals surface area contributed by atoms with Crippen molar-refractivity contribution in [2.75, 3.05) is 33.2 Å². The molecule has 0 bridgehead atoms. The molecule has 1 saturated heterocycles. The Bertz CT molecular complexity index is 850. The molecule has 6 heteroatoms. The zero-order valence-corrected chi connectivity index (χ0v) is 18.9. The Morgan fingerprint density at radius 2 is 2.03 bits per heavy atom. The SMILES string of the molecule is CC(c1cc2ccccc2o1)N(C)C(=O)CN1CCCC(CNC(=O)C(C)(C)C)C1. The molecule has 0 radical (unpaired) electrons. The molecule has 2 atom stereocenters. The van der Waals surface area contributed by atoms with Gasteiger partial charge in [0.25, 0.3) is 0 Å². The van der Waals surface area contributed by atoms with E-state index in [0.29, 0.717) is 19.0 Å². The van der Waals surface area contributed by atoms with Crippen LogP contribution in [0.1, 0.15) is 52.3 Å². The van der Waals surface area contributed by atoms with Gasteiger partial charge >= 0.3 is 0 Å². The molecule has 1 aliphatic rings. The standard InChI is InChI=1S/C24H35N3O3/c1-17(21-13-19-10-6-7-11-20(19)30-21)26(5)22(28)16-27-12-8-9-18(15-27)14-25-23(29)24(2,3)4/h6-7,10-11,13,17-18H,8-9,12,14-16H2,1-5H3,(H,25,29). The molecule has 164 valence electrons. The van der Waals surface area contributed by atoms with Crippen molar-refractivity contribution < 1.29 is 14.0 Å². The number of likely N-dealkylation sites (N-methyl/N-ethyl adjacent to an activating group) is 1. The average molecular weight is 414 g/mol. The van der Waals surface area contributed by atoms with E-state index >= 15 is 0 Å². The van der Waals surface area contributed by atoms with Crippen LogP contribution in [0.25, 0.3) is 11.0 Å². The predicted molar refractivity (Wildman–Crippen MR) is 119 cm³/mol. The van der Waals surface area contributed by atoms with Crippen LogP contribution in [0.2, 0.25) is 0 Å². The van der Waals surface area contributed by atoms with Crippen molar-refractivity contribution in [3.8, 4) is 0 Å². The van der Waals surface area contributed by atoms with Gasteiger partial charge in [-0.05, 0) is 44.4 Å². The second kappa shape index (κ2) is 9.21. The molecule has 1 aliphatic heterocycles. The molecule has 2 unspecified atom stereocenters. The molecule has 1 N–H and O–H groups in total. The molecular formula is C24H35N3O3. The number of carbonyl (C=O) groups is 2. The predicted octanol–water partition coefficient (Wildman–Crippen LogP) is 3.83. The number of benzene rings is 1. The fourth-order valence-corrected chi connectivity index (χ4v) is 3.88. The highest BCUT2D eigenvalue weighted by Gasteiger charge is 2.27. The van der Waals surface area contributed by atoms with Crippen LogP contribution in [0.4, 0.5) is 0 Å². The molecule has 2 amide bonds. The summed E-state index contributed by atoms with van der Waals surface area (Å²) >= 11 is 0. The molecular weight excluding hydrogens is 378 g/mol. The van der Waals surface area contributed by atoms with Crippen molar-refractivity contribution in [2.45, 2.75) is 46.6 Å². The van der Waals surface area contributed by atoms with Gasteiger partial charge in [0, 0.05) is 30.9 Å². The number of amides is 2. The van der Waals surface area contributed by atoms with Crippen molar-refractivity contribution in [1.29, 1.82) is 0 Å². The molecule has 0 spiro atoms. The van der Waals surface area contributed by atoms with Gasteiger partial charge in [-0.2, -0.15) is 0 Å². The fraction of sp³-hybridized carbons (Fsp3) is 0.583. The van der Waals surface area contributed by atoms with E-state index < -0.39 is 0 Å². The van der Waals surface area contributed by atoms with E-state index in [1.165, 1.54) is 0 Å². The Morgan fingerprint density at radius 3 is 2.73 bits per heavy atom. The third-order valence-electron chi connectivity index (χ3n) is 6.03. The third kappa shape index (κ3) is 5.42. The molecule has 1 aromatic carbocycles. The minimum absolute atomic E-state index is 0.0788. The summed E-state index contributed by atoms with van der Waals surface area (Å²) in [7, 11) is 1.84. The van der Waals surface area contributed by atoms with Crippen molar-refractivity contribution in [3.63, 3.8) is 0 Å². The number of hydrogen-bond acceptors (Lipinski definition) is 4. The average Bonchev–Trinajstić information content (AvgIpc) is 3.14. The molecule has 1 aromatic heterocycles. The van der Waals surface area contributed by atoms with Crippen molar-refractivity contribution in [3.05, 3.63) is 36.1 Å². The zero-order chi connectivity index (χ0) is 21.9. The van der Waals surface area contributed by atoms with Crippen LogP contribution in [0.15, 0.2) is 34.7 Å². The Hall–Kier alpha value is -2.34. The molecule has 0 aliphatic carbocycles. The quantitative estimate of drug-likeness (QED) is 0.782. The van der Waals surface area contributed by atoms with Gasteiger partial charge in [-0.25, -0.2) is 0 Å². The van der Waals surface area contributed by atoms with Crippen LogP contribution < -0.4 is 5.32 Å². The van der Waals surface area contributed by atoms with Gasteiger partial charge in [-0.3, -0.25) is 14.5 Å². The number of likely N-dealkylation sites (tertiary alicyclic amines) is 1. The number of carbonyl (C=O) groups excluding carboxylic acids is 2. The third-order valence-corrected chi connectivity index (χ3v) is 6.03. The number of piperidine rings is 1. The van der Waals surface area contributed by atoms with Gasteiger partial charge < -0.3 is 14.6 Å². The van der Waals surface area contributed by atoms with E-state index in [4.69, 9.17) is 4.42 Å². The lowest BCUT2D eigenvalue weighted by molar-refractivity contribution is -0.134. The van der Waals surface area contributed by atoms with Crippen molar-refractivity contribution >= 4 is 22.8 Å². The lowest BCUT2D eigenvalue weighted by atomic mass is 9.94. The van der Waals surface area contributed by atoms with Gasteiger partial charge in [0.05, 0.1) is 12.6 Å². The minimum atomic E-state index is -0.375. The van der Waals surface area contributed by atoms with Gasteiger partial charge in [0.15, 0.2) is 0 Å². The highest BCUT2D eigenvalue weighted by atomic mass is 16.3. The maximum absolute atomic E-state index is 12.9. The lowest BCUT2D eigenvalue weighted by Gasteiger charge is -2.34. The first kappa shape index (κ1) is 22.3. The zero-order valence-electron chi connectivity index (χ0n) is 18.9. The topological polar surface area (TPSA) is 65.8 Å². The number of nitrogens with zero attached hydrogens (tertiary/aromatic N) is 2. The highest BCUT2D eigenvalue weighted by molar-refractivity contribution is 5.81. The Kier molecular flexibility index (Phi) is 6.86. The van der Waals surface area contributed by atoms with Crippen molar-refractivity contribution in [2.24, 2.45) is 11.3 Å². The van der Waals surface area contributed by atoms with Gasteiger partial charge in [-0.15, -0.1) is 0 Å². The van der Waals surface area contributed by atoms with E-state index in [9.17, 15) is 9.59 Å². The van der Waals surface area contributed by atoms with Gasteiger partial charge in [-0.1, -0.05) is 39.0 Å². The van der Waals surface area contributed by atoms with E-state index in [1.54, 1.807) is 4.90 Å². The van der Waals surface area contributed by atoms with E-state index in [1.807, 2.05) is 65.1 Å². The van der Waals surface area contributed by atoms with E-state index in [0.717, 1.165) is 42.7 Å². The van der Waals surface area contributed by atoms with E-state index in [2.05, 4.69) is 10.2 Å². The second-order valence-electron chi connectivity index (χ2n) is 9.57. The molecule has 30 heavy (non-hydrogen) atoms. The Balaban J connectivity index is 1.53. The van der Waals surface area contributed by atoms with Gasteiger partial charge in [0.1, 0.15) is 11.3 Å². The summed E-state index contributed by atoms with van der Waals surface area (Å²) in [5, 5.41) is 4.12. The first-order chi connectivity index (χ1) is 14.1. The van der Waals surface area contributed by atoms with E-state index in [-0.39, 0.29) is 23.3 Å². The van der Waals surface area contributed by atoms with Crippen LogP contribution in [-0.2, 0) is 9.59 Å². The summed E-state index contributed by atoms with van der Waals surface area (Å²) in [6.45, 7) is 10.6. The molecule has 2 aromatic rings. The molecule has 3 rings (SSSR count). The van der Waals surface area contributed by atoms with Crippen molar-refractivity contribution in [1.82, 2.24) is 15.1 Å². The molecule has 2 heterocycles. The lowest BCUT2D eigenvalue weighted by Crippen LogP contribution is -2.46. The maximum atomic E-state index is 12.9. The number of nitrogens with one attached hydrogen (secondary N) is 1. The first-order valence-corrected chi connectivity index (χ1v) is 10.9. The maximum Gasteiger partial charge on any atom is 0.237 e. The summed E-state index contributed by atoms with van der Waals surface area (Å²) in [6, 6.07) is 9.78. The monoisotopic (exact) mass is 413 g/mol. The largest absolute Gasteiger partial charge is 0.459 e. The normalized spacial score (nSPS) is 18.9. The number of hydrogen-bond donors (Lipinski definition) is 1. The summed E-state index contributed by atoms with van der Waals surface area (Å²) in [5.41, 5.74) is 0.469. The Labute approximate surface area is 179 Å². The number of furan rings is 1. The summed E-state index contributed by atoms with van der Waals surface area (Å²) in [4.78, 5) is 29.0. The number of fused-ring (bicyclic) bond motifs is 1. The number of rotatable bonds is 6. The van der Waals surface area contributed by atoms with Crippen LogP contribution >= 0.6 is 0 Å². The molecule has 0 saturated carbocycles. The molecule has 1 fully saturated rings. The number of para-hydroxylation sites is 1.